The zero-order chi connectivity index (χ0) is 15.6. The molecule has 0 fully saturated rings. The number of carbonyl (C=O) groups is 2. The van der Waals surface area contributed by atoms with Crippen LogP contribution < -0.4 is 4.74 Å². The lowest BCUT2D eigenvalue weighted by Crippen LogP contribution is -2.04. The number of carboxylic acids is 2. The molecule has 0 aliphatic carbocycles. The van der Waals surface area contributed by atoms with Crippen molar-refractivity contribution >= 4 is 11.9 Å². The standard InChI is InChI=1S/C16H14O5/c1-9-4-3-5-10(2)14(9)21-13-8-11(15(17)18)6-7-12(13)16(19)20/h3-8H,1-2H3,(H,17,18)(H,19,20). The van der Waals surface area contributed by atoms with Crippen molar-refractivity contribution in [1.29, 1.82) is 0 Å². The fraction of sp³-hybridized carbons (Fsp3) is 0.125. The topological polar surface area (TPSA) is 83.8 Å². The minimum Gasteiger partial charge on any atom is -0.478 e. The molecule has 5 nitrogen and oxygen atoms in total. The lowest BCUT2D eigenvalue weighted by Gasteiger charge is -2.14. The van der Waals surface area contributed by atoms with Crippen LogP contribution in [-0.2, 0) is 0 Å². The monoisotopic (exact) mass is 286 g/mol. The number of hydrogen-bond acceptors (Lipinski definition) is 3. The molecule has 0 radical (unpaired) electrons. The molecule has 0 aliphatic rings. The van der Waals surface area contributed by atoms with E-state index in [0.717, 1.165) is 11.1 Å². The first-order valence-electron chi connectivity index (χ1n) is 6.25. The summed E-state index contributed by atoms with van der Waals surface area (Å²) < 4.78 is 5.68. The zero-order valence-corrected chi connectivity index (χ0v) is 11.6. The van der Waals surface area contributed by atoms with Crippen LogP contribution in [0.25, 0.3) is 0 Å². The van der Waals surface area contributed by atoms with Crippen LogP contribution in [-0.4, -0.2) is 22.2 Å². The number of aromatic carboxylic acids is 2. The Kier molecular flexibility index (Phi) is 3.93. The average Bonchev–Trinajstić information content (AvgIpc) is 2.42. The van der Waals surface area contributed by atoms with Crippen molar-refractivity contribution in [1.82, 2.24) is 0 Å². The normalized spacial score (nSPS) is 10.2. The third-order valence-electron chi connectivity index (χ3n) is 3.08. The number of hydrogen-bond donors (Lipinski definition) is 2. The lowest BCUT2D eigenvalue weighted by molar-refractivity contribution is 0.0678. The van der Waals surface area contributed by atoms with E-state index in [1.165, 1.54) is 18.2 Å². The molecule has 2 N–H and O–H groups in total. The first kappa shape index (κ1) is 14.6. The third kappa shape index (κ3) is 3.02. The van der Waals surface area contributed by atoms with Gasteiger partial charge in [0.1, 0.15) is 17.1 Å². The Hall–Kier alpha value is -2.82. The second kappa shape index (κ2) is 5.66. The maximum absolute atomic E-state index is 11.2. The molecule has 0 amide bonds. The average molecular weight is 286 g/mol. The molecule has 0 bridgehead atoms. The van der Waals surface area contributed by atoms with E-state index in [2.05, 4.69) is 0 Å². The van der Waals surface area contributed by atoms with Gasteiger partial charge in [0.2, 0.25) is 0 Å². The molecule has 2 aromatic rings. The fourth-order valence-corrected chi connectivity index (χ4v) is 1.99. The smallest absolute Gasteiger partial charge is 0.339 e. The van der Waals surface area contributed by atoms with Gasteiger partial charge in [-0.3, -0.25) is 0 Å². The van der Waals surface area contributed by atoms with Crippen LogP contribution in [0, 0.1) is 13.8 Å². The molecule has 0 spiro atoms. The van der Waals surface area contributed by atoms with Crippen molar-refractivity contribution in [2.45, 2.75) is 13.8 Å². The van der Waals surface area contributed by atoms with Crippen LogP contribution >= 0.6 is 0 Å². The Balaban J connectivity index is 2.53. The molecular formula is C16H14O5. The van der Waals surface area contributed by atoms with Gasteiger partial charge in [0.15, 0.2) is 0 Å². The van der Waals surface area contributed by atoms with Crippen LogP contribution in [0.4, 0.5) is 0 Å². The highest BCUT2D eigenvalue weighted by Gasteiger charge is 2.16. The zero-order valence-electron chi connectivity index (χ0n) is 11.6. The Morgan fingerprint density at radius 1 is 0.952 bits per heavy atom. The molecule has 0 heterocycles. The minimum atomic E-state index is -1.17. The first-order valence-corrected chi connectivity index (χ1v) is 6.25. The Labute approximate surface area is 121 Å². The molecule has 0 saturated heterocycles. The van der Waals surface area contributed by atoms with E-state index < -0.39 is 11.9 Å². The van der Waals surface area contributed by atoms with Gasteiger partial charge in [-0.05, 0) is 43.2 Å². The van der Waals surface area contributed by atoms with Gasteiger partial charge in [-0.1, -0.05) is 18.2 Å². The van der Waals surface area contributed by atoms with Gasteiger partial charge >= 0.3 is 11.9 Å². The van der Waals surface area contributed by atoms with Crippen LogP contribution in [0.5, 0.6) is 11.5 Å². The Morgan fingerprint density at radius 3 is 2.10 bits per heavy atom. The van der Waals surface area contributed by atoms with E-state index in [4.69, 9.17) is 9.84 Å². The third-order valence-corrected chi connectivity index (χ3v) is 3.08. The fourth-order valence-electron chi connectivity index (χ4n) is 1.99. The highest BCUT2D eigenvalue weighted by Crippen LogP contribution is 2.31. The maximum atomic E-state index is 11.2. The largest absolute Gasteiger partial charge is 0.478 e. The molecule has 0 aliphatic heterocycles. The number of aryl methyl sites for hydroxylation is 2. The quantitative estimate of drug-likeness (QED) is 0.898. The van der Waals surface area contributed by atoms with Gasteiger partial charge in [0.25, 0.3) is 0 Å². The summed E-state index contributed by atoms with van der Waals surface area (Å²) in [5.74, 6) is -1.77. The molecule has 0 unspecified atom stereocenters. The molecule has 2 aromatic carbocycles. The minimum absolute atomic E-state index is 0.0137. The van der Waals surface area contributed by atoms with Crippen molar-refractivity contribution < 1.29 is 24.5 Å². The van der Waals surface area contributed by atoms with Crippen LogP contribution in [0.15, 0.2) is 36.4 Å². The Morgan fingerprint density at radius 2 is 1.57 bits per heavy atom. The SMILES string of the molecule is Cc1cccc(C)c1Oc1cc(C(=O)O)ccc1C(=O)O. The van der Waals surface area contributed by atoms with E-state index in [1.807, 2.05) is 32.0 Å². The molecule has 0 saturated carbocycles. The molecule has 0 aromatic heterocycles. The van der Waals surface area contributed by atoms with Crippen molar-refractivity contribution in [3.8, 4) is 11.5 Å². The number of rotatable bonds is 4. The van der Waals surface area contributed by atoms with E-state index in [0.29, 0.717) is 5.75 Å². The van der Waals surface area contributed by atoms with Crippen molar-refractivity contribution in [3.05, 3.63) is 58.7 Å². The van der Waals surface area contributed by atoms with Gasteiger partial charge < -0.3 is 14.9 Å². The van der Waals surface area contributed by atoms with Crippen molar-refractivity contribution in [2.75, 3.05) is 0 Å². The lowest BCUT2D eigenvalue weighted by atomic mass is 10.1. The number of para-hydroxylation sites is 1. The highest BCUT2D eigenvalue weighted by molar-refractivity contribution is 5.94. The number of benzene rings is 2. The second-order valence-corrected chi connectivity index (χ2v) is 4.64. The first-order chi connectivity index (χ1) is 9.90. The predicted octanol–water partition coefficient (Wildman–Crippen LogP) is 3.49. The molecule has 0 atom stereocenters. The van der Waals surface area contributed by atoms with Gasteiger partial charge in [-0.2, -0.15) is 0 Å². The summed E-state index contributed by atoms with van der Waals surface area (Å²) in [4.78, 5) is 22.3. The summed E-state index contributed by atoms with van der Waals surface area (Å²) in [5.41, 5.74) is 1.57. The van der Waals surface area contributed by atoms with Crippen molar-refractivity contribution in [3.63, 3.8) is 0 Å². The van der Waals surface area contributed by atoms with Crippen LogP contribution in [0.3, 0.4) is 0 Å². The van der Waals surface area contributed by atoms with E-state index >= 15 is 0 Å². The summed E-state index contributed by atoms with van der Waals surface area (Å²) in [6.45, 7) is 3.67. The highest BCUT2D eigenvalue weighted by atomic mass is 16.5. The summed E-state index contributed by atoms with van der Waals surface area (Å²) in [7, 11) is 0. The second-order valence-electron chi connectivity index (χ2n) is 4.64. The number of carboxylic acid groups (broad SMARTS) is 2. The Bertz CT molecular complexity index is 698. The molecular weight excluding hydrogens is 272 g/mol. The van der Waals surface area contributed by atoms with Crippen molar-refractivity contribution in [2.24, 2.45) is 0 Å². The van der Waals surface area contributed by atoms with Crippen LogP contribution in [0.1, 0.15) is 31.8 Å². The van der Waals surface area contributed by atoms with E-state index in [-0.39, 0.29) is 16.9 Å². The van der Waals surface area contributed by atoms with Gasteiger partial charge in [0.05, 0.1) is 5.56 Å². The van der Waals surface area contributed by atoms with Gasteiger partial charge in [-0.15, -0.1) is 0 Å². The summed E-state index contributed by atoms with van der Waals surface area (Å²) in [6, 6.07) is 9.23. The van der Waals surface area contributed by atoms with Crippen LogP contribution in [0.2, 0.25) is 0 Å². The van der Waals surface area contributed by atoms with Gasteiger partial charge in [0, 0.05) is 0 Å². The summed E-state index contributed by atoms with van der Waals surface area (Å²) in [6.07, 6.45) is 0. The maximum Gasteiger partial charge on any atom is 0.339 e. The van der Waals surface area contributed by atoms with E-state index in [9.17, 15) is 14.7 Å². The van der Waals surface area contributed by atoms with E-state index in [1.54, 1.807) is 0 Å². The molecule has 5 heteroatoms. The molecule has 21 heavy (non-hydrogen) atoms. The summed E-state index contributed by atoms with van der Waals surface area (Å²) >= 11 is 0. The molecule has 2 rings (SSSR count). The summed E-state index contributed by atoms with van der Waals surface area (Å²) in [5, 5.41) is 18.2. The van der Waals surface area contributed by atoms with Gasteiger partial charge in [-0.25, -0.2) is 9.59 Å². The number of ether oxygens (including phenoxy) is 1. The molecule has 108 valence electrons. The predicted molar refractivity (Wildman–Crippen MR) is 76.4 cm³/mol.